The highest BCUT2D eigenvalue weighted by Crippen LogP contribution is 2.34. The van der Waals surface area contributed by atoms with E-state index in [0.717, 1.165) is 21.9 Å². The third-order valence-corrected chi connectivity index (χ3v) is 3.75. The highest BCUT2D eigenvalue weighted by atomic mass is 16.3. The second-order valence-electron chi connectivity index (χ2n) is 5.03. The molecule has 3 aromatic rings. The minimum Gasteiger partial charge on any atom is -0.387 e. The first-order valence-electron chi connectivity index (χ1n) is 6.91. The third-order valence-electron chi connectivity index (χ3n) is 3.75. The van der Waals surface area contributed by atoms with Crippen LogP contribution in [-0.4, -0.2) is 5.11 Å². The lowest BCUT2D eigenvalue weighted by Crippen LogP contribution is -2.09. The summed E-state index contributed by atoms with van der Waals surface area (Å²) in [5.74, 6) is -0.585. The zero-order chi connectivity index (χ0) is 14.7. The molecule has 3 rings (SSSR count). The van der Waals surface area contributed by atoms with Gasteiger partial charge in [0.1, 0.15) is 5.92 Å². The van der Waals surface area contributed by atoms with Crippen LogP contribution in [0, 0.1) is 11.3 Å². The molecule has 21 heavy (non-hydrogen) atoms. The predicted octanol–water partition coefficient (Wildman–Crippen LogP) is 4.18. The fourth-order valence-corrected chi connectivity index (χ4v) is 2.67. The van der Waals surface area contributed by atoms with Crippen LogP contribution in [0.15, 0.2) is 72.8 Å². The molecule has 0 heterocycles. The SMILES string of the molecule is N#C[C@@H](c1cccc2ccccc12)[C@@H](O)c1ccccc1. The summed E-state index contributed by atoms with van der Waals surface area (Å²) in [5.41, 5.74) is 1.63. The molecule has 0 aliphatic carbocycles. The second kappa shape index (κ2) is 5.78. The van der Waals surface area contributed by atoms with Crippen LogP contribution in [0.2, 0.25) is 0 Å². The molecule has 0 aromatic heterocycles. The molecule has 0 unspecified atom stereocenters. The van der Waals surface area contributed by atoms with E-state index < -0.39 is 12.0 Å². The molecule has 0 bridgehead atoms. The van der Waals surface area contributed by atoms with Crippen molar-refractivity contribution >= 4 is 10.8 Å². The molecule has 3 aromatic carbocycles. The number of fused-ring (bicyclic) bond motifs is 1. The van der Waals surface area contributed by atoms with Gasteiger partial charge >= 0.3 is 0 Å². The molecule has 2 atom stereocenters. The van der Waals surface area contributed by atoms with Crippen LogP contribution >= 0.6 is 0 Å². The van der Waals surface area contributed by atoms with Crippen molar-refractivity contribution in [1.29, 1.82) is 5.26 Å². The first-order chi connectivity index (χ1) is 10.3. The summed E-state index contributed by atoms with van der Waals surface area (Å²) in [6.07, 6.45) is -0.831. The molecular formula is C19H15NO. The number of aliphatic hydroxyl groups is 1. The summed E-state index contributed by atoms with van der Waals surface area (Å²) < 4.78 is 0. The number of rotatable bonds is 3. The van der Waals surface area contributed by atoms with E-state index >= 15 is 0 Å². The molecule has 0 aliphatic rings. The summed E-state index contributed by atoms with van der Waals surface area (Å²) in [6.45, 7) is 0. The number of nitrogens with zero attached hydrogens (tertiary/aromatic N) is 1. The lowest BCUT2D eigenvalue weighted by Gasteiger charge is -2.19. The van der Waals surface area contributed by atoms with E-state index in [1.54, 1.807) is 0 Å². The largest absolute Gasteiger partial charge is 0.387 e. The van der Waals surface area contributed by atoms with Gasteiger partial charge in [0.25, 0.3) is 0 Å². The van der Waals surface area contributed by atoms with Gasteiger partial charge in [-0.25, -0.2) is 0 Å². The number of nitriles is 1. The Balaban J connectivity index is 2.09. The monoisotopic (exact) mass is 273 g/mol. The van der Waals surface area contributed by atoms with Crippen molar-refractivity contribution in [2.24, 2.45) is 0 Å². The molecular weight excluding hydrogens is 258 g/mol. The Kier molecular flexibility index (Phi) is 3.68. The number of benzene rings is 3. The Morgan fingerprint density at radius 1 is 0.810 bits per heavy atom. The molecule has 0 amide bonds. The topological polar surface area (TPSA) is 44.0 Å². The molecule has 102 valence electrons. The van der Waals surface area contributed by atoms with Gasteiger partial charge in [-0.2, -0.15) is 5.26 Å². The second-order valence-corrected chi connectivity index (χ2v) is 5.03. The summed E-state index contributed by atoms with van der Waals surface area (Å²) in [4.78, 5) is 0. The zero-order valence-corrected chi connectivity index (χ0v) is 11.5. The smallest absolute Gasteiger partial charge is 0.102 e. The van der Waals surface area contributed by atoms with Gasteiger partial charge in [-0.15, -0.1) is 0 Å². The molecule has 2 heteroatoms. The average molecular weight is 273 g/mol. The van der Waals surface area contributed by atoms with Crippen molar-refractivity contribution in [2.45, 2.75) is 12.0 Å². The molecule has 0 radical (unpaired) electrons. The van der Waals surface area contributed by atoms with E-state index in [4.69, 9.17) is 0 Å². The van der Waals surface area contributed by atoms with E-state index in [1.807, 2.05) is 72.8 Å². The van der Waals surface area contributed by atoms with Gasteiger partial charge in [0.2, 0.25) is 0 Å². The number of hydrogen-bond donors (Lipinski definition) is 1. The Morgan fingerprint density at radius 2 is 1.48 bits per heavy atom. The molecule has 0 saturated heterocycles. The van der Waals surface area contributed by atoms with E-state index in [2.05, 4.69) is 6.07 Å². The summed E-state index contributed by atoms with van der Waals surface area (Å²) in [5, 5.41) is 22.2. The van der Waals surface area contributed by atoms with E-state index in [1.165, 1.54) is 0 Å². The lowest BCUT2D eigenvalue weighted by atomic mass is 9.87. The van der Waals surface area contributed by atoms with Gasteiger partial charge in [0.05, 0.1) is 12.2 Å². The van der Waals surface area contributed by atoms with Crippen molar-refractivity contribution in [3.8, 4) is 6.07 Å². The van der Waals surface area contributed by atoms with E-state index in [0.29, 0.717) is 0 Å². The highest BCUT2D eigenvalue weighted by molar-refractivity contribution is 5.86. The van der Waals surface area contributed by atoms with Crippen LogP contribution in [-0.2, 0) is 0 Å². The van der Waals surface area contributed by atoms with Crippen molar-refractivity contribution in [1.82, 2.24) is 0 Å². The Labute approximate surface area is 123 Å². The average Bonchev–Trinajstić information content (AvgIpc) is 2.56. The van der Waals surface area contributed by atoms with E-state index in [-0.39, 0.29) is 0 Å². The first-order valence-corrected chi connectivity index (χ1v) is 6.91. The van der Waals surface area contributed by atoms with Crippen LogP contribution < -0.4 is 0 Å². The lowest BCUT2D eigenvalue weighted by molar-refractivity contribution is 0.164. The Bertz CT molecular complexity index is 784. The van der Waals surface area contributed by atoms with Gasteiger partial charge in [0.15, 0.2) is 0 Å². The summed E-state index contributed by atoms with van der Waals surface area (Å²) in [7, 11) is 0. The van der Waals surface area contributed by atoms with Gasteiger partial charge < -0.3 is 5.11 Å². The maximum absolute atomic E-state index is 10.6. The minimum absolute atomic E-state index is 0.585. The summed E-state index contributed by atoms with van der Waals surface area (Å²) in [6, 6.07) is 25.4. The molecule has 2 nitrogen and oxygen atoms in total. The molecule has 0 aliphatic heterocycles. The van der Waals surface area contributed by atoms with Gasteiger partial charge in [0, 0.05) is 0 Å². The van der Waals surface area contributed by atoms with Crippen LogP contribution in [0.25, 0.3) is 10.8 Å². The third kappa shape index (κ3) is 2.52. The van der Waals surface area contributed by atoms with Crippen molar-refractivity contribution in [3.05, 3.63) is 83.9 Å². The van der Waals surface area contributed by atoms with Crippen molar-refractivity contribution in [2.75, 3.05) is 0 Å². The number of aliphatic hydroxyl groups excluding tert-OH is 1. The van der Waals surface area contributed by atoms with Crippen LogP contribution in [0.4, 0.5) is 0 Å². The minimum atomic E-state index is -0.831. The van der Waals surface area contributed by atoms with Crippen molar-refractivity contribution in [3.63, 3.8) is 0 Å². The van der Waals surface area contributed by atoms with E-state index in [9.17, 15) is 10.4 Å². The molecule has 1 N–H and O–H groups in total. The molecule has 0 saturated carbocycles. The van der Waals surface area contributed by atoms with Crippen LogP contribution in [0.3, 0.4) is 0 Å². The predicted molar refractivity (Wildman–Crippen MR) is 83.7 cm³/mol. The zero-order valence-electron chi connectivity index (χ0n) is 11.5. The van der Waals surface area contributed by atoms with Crippen molar-refractivity contribution < 1.29 is 5.11 Å². The van der Waals surface area contributed by atoms with Gasteiger partial charge in [-0.1, -0.05) is 72.8 Å². The maximum atomic E-state index is 10.6. The Morgan fingerprint density at radius 3 is 2.24 bits per heavy atom. The van der Waals surface area contributed by atoms with Crippen LogP contribution in [0.1, 0.15) is 23.1 Å². The fraction of sp³-hybridized carbons (Fsp3) is 0.105. The fourth-order valence-electron chi connectivity index (χ4n) is 2.67. The Hall–Kier alpha value is -2.63. The molecule has 0 spiro atoms. The molecule has 0 fully saturated rings. The number of hydrogen-bond acceptors (Lipinski definition) is 2. The van der Waals surface area contributed by atoms with Gasteiger partial charge in [-0.3, -0.25) is 0 Å². The van der Waals surface area contributed by atoms with Crippen LogP contribution in [0.5, 0.6) is 0 Å². The standard InChI is InChI=1S/C19H15NO/c20-13-18(19(21)15-8-2-1-3-9-15)17-12-6-10-14-7-4-5-11-16(14)17/h1-12,18-19,21H/t18-,19-/m0/s1. The summed E-state index contributed by atoms with van der Waals surface area (Å²) >= 11 is 0. The normalized spacial score (nSPS) is 13.5. The maximum Gasteiger partial charge on any atom is 0.102 e. The highest BCUT2D eigenvalue weighted by Gasteiger charge is 2.23. The quantitative estimate of drug-likeness (QED) is 0.778. The van der Waals surface area contributed by atoms with Gasteiger partial charge in [-0.05, 0) is 21.9 Å². The first kappa shape index (κ1) is 13.4.